The van der Waals surface area contributed by atoms with Crippen molar-refractivity contribution < 1.29 is 8.83 Å². The minimum absolute atomic E-state index is 0.593. The van der Waals surface area contributed by atoms with E-state index in [0.717, 1.165) is 77.3 Å². The van der Waals surface area contributed by atoms with Crippen molar-refractivity contribution in [3.05, 3.63) is 132 Å². The summed E-state index contributed by atoms with van der Waals surface area (Å²) >= 11 is 0. The van der Waals surface area contributed by atoms with Gasteiger partial charge in [-0.05, 0) is 53.1 Å². The molecule has 0 unspecified atom stereocenters. The smallest absolute Gasteiger partial charge is 0.143 e. The van der Waals surface area contributed by atoms with Crippen molar-refractivity contribution in [1.29, 1.82) is 10.5 Å². The van der Waals surface area contributed by atoms with Crippen LogP contribution >= 0.6 is 0 Å². The summed E-state index contributed by atoms with van der Waals surface area (Å²) in [6.07, 6.45) is 0. The average Bonchev–Trinajstić information content (AvgIpc) is 3.62. The Hall–Kier alpha value is -6.10. The zero-order valence-corrected chi connectivity index (χ0v) is 22.3. The Kier molecular flexibility index (Phi) is 5.22. The fraction of sp³-hybridized carbons (Fsp3) is 0. The number of hydrogen-bond donors (Lipinski definition) is 0. The van der Waals surface area contributed by atoms with Crippen LogP contribution in [0.4, 0.5) is 0 Å². The van der Waals surface area contributed by atoms with Crippen molar-refractivity contribution in [1.82, 2.24) is 0 Å². The third-order valence-corrected chi connectivity index (χ3v) is 7.99. The van der Waals surface area contributed by atoms with E-state index in [2.05, 4.69) is 54.6 Å². The number of benzene rings is 6. The van der Waals surface area contributed by atoms with Crippen molar-refractivity contribution in [2.75, 3.05) is 0 Å². The third-order valence-electron chi connectivity index (χ3n) is 7.99. The molecule has 0 aliphatic carbocycles. The molecule has 194 valence electrons. The van der Waals surface area contributed by atoms with E-state index in [0.29, 0.717) is 11.1 Å². The number of furan rings is 2. The Morgan fingerprint density at radius 1 is 0.429 bits per heavy atom. The van der Waals surface area contributed by atoms with Gasteiger partial charge in [0.05, 0.1) is 23.3 Å². The largest absolute Gasteiger partial charge is 0.455 e. The van der Waals surface area contributed by atoms with E-state index in [1.165, 1.54) is 0 Å². The molecule has 0 saturated carbocycles. The first-order valence-corrected chi connectivity index (χ1v) is 13.6. The highest BCUT2D eigenvalue weighted by Gasteiger charge is 2.19. The Morgan fingerprint density at radius 2 is 1.10 bits per heavy atom. The first kappa shape index (κ1) is 23.8. The van der Waals surface area contributed by atoms with E-state index in [4.69, 9.17) is 8.83 Å². The molecular weight excluding hydrogens is 516 g/mol. The molecule has 2 heterocycles. The van der Waals surface area contributed by atoms with E-state index in [9.17, 15) is 10.5 Å². The minimum atomic E-state index is 0.593. The van der Waals surface area contributed by atoms with Crippen LogP contribution in [-0.2, 0) is 0 Å². The Morgan fingerprint density at radius 3 is 1.93 bits per heavy atom. The second kappa shape index (κ2) is 9.24. The SMILES string of the molecule is N#Cc1ccc2oc3c(-c4ccc(-c5cccc6c5oc5ccccc56)c(-c5ccccc5C#N)c4)cccc3c2c1. The quantitative estimate of drug-likeness (QED) is 0.225. The predicted octanol–water partition coefficient (Wildman–Crippen LogP) is 10.2. The van der Waals surface area contributed by atoms with Crippen LogP contribution in [0.15, 0.2) is 130 Å². The van der Waals surface area contributed by atoms with Gasteiger partial charge in [-0.25, -0.2) is 0 Å². The number of nitriles is 2. The van der Waals surface area contributed by atoms with Crippen molar-refractivity contribution >= 4 is 43.9 Å². The lowest BCUT2D eigenvalue weighted by molar-refractivity contribution is 0.669. The third kappa shape index (κ3) is 3.53. The zero-order valence-electron chi connectivity index (χ0n) is 22.3. The highest BCUT2D eigenvalue weighted by atomic mass is 16.3. The van der Waals surface area contributed by atoms with Crippen LogP contribution in [0, 0.1) is 22.7 Å². The van der Waals surface area contributed by atoms with Crippen LogP contribution in [0.25, 0.3) is 77.3 Å². The normalized spacial score (nSPS) is 11.3. The van der Waals surface area contributed by atoms with Crippen molar-refractivity contribution in [3.8, 4) is 45.5 Å². The van der Waals surface area contributed by atoms with Gasteiger partial charge in [-0.15, -0.1) is 0 Å². The molecule has 4 nitrogen and oxygen atoms in total. The second-order valence-electron chi connectivity index (χ2n) is 10.3. The van der Waals surface area contributed by atoms with Crippen LogP contribution in [0.5, 0.6) is 0 Å². The Bertz CT molecular complexity index is 2450. The molecule has 8 aromatic rings. The molecule has 0 saturated heterocycles. The molecule has 0 N–H and O–H groups in total. The van der Waals surface area contributed by atoms with Gasteiger partial charge < -0.3 is 8.83 Å². The highest BCUT2D eigenvalue weighted by molar-refractivity contribution is 6.12. The van der Waals surface area contributed by atoms with Crippen molar-refractivity contribution in [2.24, 2.45) is 0 Å². The Labute approximate surface area is 240 Å². The van der Waals surface area contributed by atoms with Gasteiger partial charge in [0.2, 0.25) is 0 Å². The van der Waals surface area contributed by atoms with Gasteiger partial charge in [0.1, 0.15) is 22.3 Å². The minimum Gasteiger partial charge on any atom is -0.455 e. The van der Waals surface area contributed by atoms with Crippen LogP contribution in [-0.4, -0.2) is 0 Å². The molecular formula is C38H20N2O2. The standard InChI is InChI=1S/C38H20N2O2/c39-21-23-15-18-36-34(19-23)32-13-5-10-27(37(32)42-36)24-16-17-28(33(20-24)26-8-2-1-7-25(26)22-40)30-11-6-12-31-29-9-3-4-14-35(29)41-38(30)31/h1-20H. The van der Waals surface area contributed by atoms with Crippen LogP contribution < -0.4 is 0 Å². The lowest BCUT2D eigenvalue weighted by atomic mass is 9.88. The van der Waals surface area contributed by atoms with Crippen LogP contribution in [0.1, 0.15) is 11.1 Å². The van der Waals surface area contributed by atoms with Gasteiger partial charge in [-0.1, -0.05) is 84.9 Å². The molecule has 42 heavy (non-hydrogen) atoms. The summed E-state index contributed by atoms with van der Waals surface area (Å²) in [6, 6.07) is 44.5. The maximum Gasteiger partial charge on any atom is 0.143 e. The lowest BCUT2D eigenvalue weighted by Crippen LogP contribution is -1.91. The molecule has 0 amide bonds. The fourth-order valence-electron chi connectivity index (χ4n) is 6.04. The molecule has 6 aromatic carbocycles. The summed E-state index contributed by atoms with van der Waals surface area (Å²) in [5.41, 5.74) is 9.95. The maximum absolute atomic E-state index is 10.1. The summed E-state index contributed by atoms with van der Waals surface area (Å²) in [7, 11) is 0. The van der Waals surface area contributed by atoms with Crippen molar-refractivity contribution in [2.45, 2.75) is 0 Å². The number of fused-ring (bicyclic) bond motifs is 6. The van der Waals surface area contributed by atoms with E-state index in [1.54, 1.807) is 6.07 Å². The van der Waals surface area contributed by atoms with Crippen LogP contribution in [0.3, 0.4) is 0 Å². The molecule has 4 heteroatoms. The van der Waals surface area contributed by atoms with Gasteiger partial charge in [-0.3, -0.25) is 0 Å². The second-order valence-corrected chi connectivity index (χ2v) is 10.3. The van der Waals surface area contributed by atoms with Gasteiger partial charge in [0, 0.05) is 38.2 Å². The monoisotopic (exact) mass is 536 g/mol. The van der Waals surface area contributed by atoms with Crippen LogP contribution in [0.2, 0.25) is 0 Å². The first-order chi connectivity index (χ1) is 20.7. The van der Waals surface area contributed by atoms with Gasteiger partial charge >= 0.3 is 0 Å². The van der Waals surface area contributed by atoms with E-state index in [-0.39, 0.29) is 0 Å². The predicted molar refractivity (Wildman–Crippen MR) is 167 cm³/mol. The van der Waals surface area contributed by atoms with E-state index >= 15 is 0 Å². The van der Waals surface area contributed by atoms with E-state index < -0.39 is 0 Å². The zero-order chi connectivity index (χ0) is 28.2. The Balaban J connectivity index is 1.41. The summed E-state index contributed by atoms with van der Waals surface area (Å²) < 4.78 is 12.8. The molecule has 0 radical (unpaired) electrons. The topological polar surface area (TPSA) is 73.9 Å². The number of rotatable bonds is 3. The number of nitrogens with zero attached hydrogens (tertiary/aromatic N) is 2. The molecule has 0 atom stereocenters. The lowest BCUT2D eigenvalue weighted by Gasteiger charge is -2.15. The molecule has 0 aliphatic rings. The molecule has 0 aliphatic heterocycles. The highest BCUT2D eigenvalue weighted by Crippen LogP contribution is 2.43. The van der Waals surface area contributed by atoms with Gasteiger partial charge in [0.15, 0.2) is 0 Å². The fourth-order valence-corrected chi connectivity index (χ4v) is 6.04. The molecule has 0 spiro atoms. The van der Waals surface area contributed by atoms with Gasteiger partial charge in [-0.2, -0.15) is 10.5 Å². The number of para-hydroxylation sites is 3. The summed E-state index contributed by atoms with van der Waals surface area (Å²) in [4.78, 5) is 0. The summed E-state index contributed by atoms with van der Waals surface area (Å²) in [5.74, 6) is 0. The van der Waals surface area contributed by atoms with Crippen molar-refractivity contribution in [3.63, 3.8) is 0 Å². The summed E-state index contributed by atoms with van der Waals surface area (Å²) in [6.45, 7) is 0. The number of hydrogen-bond acceptors (Lipinski definition) is 4. The van der Waals surface area contributed by atoms with Gasteiger partial charge in [0.25, 0.3) is 0 Å². The summed E-state index contributed by atoms with van der Waals surface area (Å²) in [5, 5.41) is 23.5. The molecule has 2 aromatic heterocycles. The maximum atomic E-state index is 10.1. The van der Waals surface area contributed by atoms with E-state index in [1.807, 2.05) is 72.8 Å². The molecule has 8 rings (SSSR count). The average molecular weight is 537 g/mol. The first-order valence-electron chi connectivity index (χ1n) is 13.6. The molecule has 0 bridgehead atoms. The molecule has 0 fully saturated rings.